The van der Waals surface area contributed by atoms with E-state index >= 15 is 0 Å². The number of hydrogen-bond donors (Lipinski definition) is 2. The van der Waals surface area contributed by atoms with Gasteiger partial charge in [-0.2, -0.15) is 5.10 Å². The number of aromatic nitrogens is 2. The van der Waals surface area contributed by atoms with Crippen LogP contribution in [-0.2, 0) is 16.1 Å². The molecule has 0 aromatic carbocycles. The molecule has 16 atom stereocenters. The lowest BCUT2D eigenvalue weighted by Gasteiger charge is -2.63. The molecule has 9 rings (SSSR count). The zero-order valence-corrected chi connectivity index (χ0v) is 38.7. The molecule has 0 unspecified atom stereocenters. The number of alkyl halides is 1. The highest BCUT2D eigenvalue weighted by molar-refractivity contribution is 9.09. The quantitative estimate of drug-likeness (QED) is 0.266. The van der Waals surface area contributed by atoms with Crippen LogP contribution in [0.3, 0.4) is 0 Å². The van der Waals surface area contributed by atoms with Crippen molar-refractivity contribution >= 4 is 39.1 Å². The summed E-state index contributed by atoms with van der Waals surface area (Å²) in [5.41, 5.74) is 0.342. The average molecular weight is 905 g/mol. The van der Waals surface area contributed by atoms with Gasteiger partial charge in [0.1, 0.15) is 5.78 Å². The maximum absolute atomic E-state index is 13.3. The van der Waals surface area contributed by atoms with E-state index in [0.29, 0.717) is 57.0 Å². The minimum absolute atomic E-state index is 0. The number of halogens is 2. The van der Waals surface area contributed by atoms with E-state index in [4.69, 9.17) is 11.6 Å². The molecule has 336 valence electrons. The molecular weight excluding hydrogens is 820 g/mol. The molecule has 6 nitrogen and oxygen atoms in total. The Hall–Kier alpha value is -0.760. The van der Waals surface area contributed by atoms with Gasteiger partial charge in [0.25, 0.3) is 0 Å². The zero-order valence-electron chi connectivity index (χ0n) is 36.3. The fraction of sp³-hybridized carbons (Fsp3) is 0.902. The second-order valence-corrected chi connectivity index (χ2v) is 23.6. The molecule has 0 saturated heterocycles. The van der Waals surface area contributed by atoms with E-state index in [1.165, 1.54) is 89.9 Å². The van der Waals surface area contributed by atoms with E-state index in [2.05, 4.69) is 62.6 Å². The number of carbonyl (C=O) groups excluding carboxylic acids is 2. The minimum atomic E-state index is -0.473. The number of hydrogen-bond acceptors (Lipinski definition) is 5. The number of carbonyl (C=O) groups is 2. The summed E-state index contributed by atoms with van der Waals surface area (Å²) in [4.78, 5) is 25.9. The molecule has 0 radical (unpaired) electrons. The summed E-state index contributed by atoms with van der Waals surface area (Å²) >= 11 is 9.45. The highest BCUT2D eigenvalue weighted by Crippen LogP contribution is 2.71. The highest BCUT2D eigenvalue weighted by atomic mass is 79.9. The Morgan fingerprint density at radius 3 is 1.54 bits per heavy atom. The standard InChI is InChI=1S/C26H39ClN2O2.C23H37BrO2.2CH4/c1-4-26-12-11-24(2,31)13-17(26)5-6-19-20-7-8-22(25(20,3)10-9-21(19)26)23(30)16-29-15-18(27)14-28-29;1-4-23-12-11-21(2,26)13-15(23)5-6-16-17-7-8-19(20(25)14-24)22(17,3)10-9-18(16)23;;/h14-15,17,19-22,31H,4-13,16H2,1-3H3;15-19,26H,4-14H2,1-3H3;2*1H4/t17-,19-,20-,21-,22+,24+,25-,26-;15-,16-,17-,18-,19+,21+,22-,23-;;/m00../s1. The van der Waals surface area contributed by atoms with Gasteiger partial charge in [-0.25, -0.2) is 0 Å². The highest BCUT2D eigenvalue weighted by Gasteiger charge is 2.64. The fourth-order valence-corrected chi connectivity index (χ4v) is 18.3. The largest absolute Gasteiger partial charge is 0.390 e. The Morgan fingerprint density at radius 2 is 1.14 bits per heavy atom. The van der Waals surface area contributed by atoms with E-state index in [-0.39, 0.29) is 37.5 Å². The Morgan fingerprint density at radius 1 is 0.678 bits per heavy atom. The van der Waals surface area contributed by atoms with Gasteiger partial charge in [-0.15, -0.1) is 0 Å². The van der Waals surface area contributed by atoms with Gasteiger partial charge in [-0.1, -0.05) is 70.1 Å². The third kappa shape index (κ3) is 7.95. The summed E-state index contributed by atoms with van der Waals surface area (Å²) in [5, 5.41) is 26.8. The molecule has 8 fully saturated rings. The summed E-state index contributed by atoms with van der Waals surface area (Å²) in [7, 11) is 0. The van der Waals surface area contributed by atoms with Crippen molar-refractivity contribution in [1.82, 2.24) is 9.78 Å². The van der Waals surface area contributed by atoms with Crippen LogP contribution in [0.15, 0.2) is 12.4 Å². The second kappa shape index (κ2) is 17.3. The molecule has 0 spiro atoms. The third-order valence-corrected chi connectivity index (χ3v) is 21.2. The van der Waals surface area contributed by atoms with Crippen LogP contribution in [0, 0.1) is 80.8 Å². The number of rotatable bonds is 7. The van der Waals surface area contributed by atoms with Crippen LogP contribution >= 0.6 is 27.5 Å². The lowest BCUT2D eigenvalue weighted by atomic mass is 9.42. The lowest BCUT2D eigenvalue weighted by molar-refractivity contribution is -0.158. The fourth-order valence-electron chi connectivity index (χ4n) is 17.7. The van der Waals surface area contributed by atoms with E-state index in [1.807, 2.05) is 0 Å². The summed E-state index contributed by atoms with van der Waals surface area (Å²) in [6.07, 6.45) is 27.1. The molecule has 0 aliphatic heterocycles. The first kappa shape index (κ1) is 47.7. The van der Waals surface area contributed by atoms with Crippen molar-refractivity contribution in [1.29, 1.82) is 0 Å². The van der Waals surface area contributed by atoms with Crippen LogP contribution in [0.5, 0.6) is 0 Å². The predicted octanol–water partition coefficient (Wildman–Crippen LogP) is 12.9. The molecule has 8 aliphatic rings. The molecule has 1 heterocycles. The maximum Gasteiger partial charge on any atom is 0.157 e. The number of Topliss-reactive ketones (excluding diaryl/α,β-unsaturated/α-hetero) is 2. The van der Waals surface area contributed by atoms with Gasteiger partial charge < -0.3 is 10.2 Å². The predicted molar refractivity (Wildman–Crippen MR) is 245 cm³/mol. The molecule has 1 aromatic heterocycles. The van der Waals surface area contributed by atoms with Crippen LogP contribution in [-0.4, -0.2) is 48.1 Å². The Bertz CT molecular complexity index is 1660. The van der Waals surface area contributed by atoms with Crippen LogP contribution in [0.1, 0.15) is 185 Å². The number of aliphatic hydroxyl groups is 2. The van der Waals surface area contributed by atoms with E-state index < -0.39 is 11.2 Å². The van der Waals surface area contributed by atoms with Crippen LogP contribution in [0.25, 0.3) is 0 Å². The first-order chi connectivity index (χ1) is 27.0. The molecule has 2 N–H and O–H groups in total. The van der Waals surface area contributed by atoms with Gasteiger partial charge in [-0.3, -0.25) is 14.3 Å². The summed E-state index contributed by atoms with van der Waals surface area (Å²) in [6, 6.07) is 0. The topological polar surface area (TPSA) is 92.4 Å². The summed E-state index contributed by atoms with van der Waals surface area (Å²) < 4.78 is 1.71. The first-order valence-electron chi connectivity index (χ1n) is 23.7. The number of fused-ring (bicyclic) bond motifs is 10. The Labute approximate surface area is 373 Å². The Kier molecular flexibility index (Phi) is 14.0. The van der Waals surface area contributed by atoms with Crippen molar-refractivity contribution in [3.8, 4) is 0 Å². The van der Waals surface area contributed by atoms with E-state index in [9.17, 15) is 19.8 Å². The van der Waals surface area contributed by atoms with Crippen molar-refractivity contribution < 1.29 is 19.8 Å². The summed E-state index contributed by atoms with van der Waals surface area (Å²) in [6.45, 7) is 14.2. The smallest absolute Gasteiger partial charge is 0.157 e. The molecule has 8 saturated carbocycles. The Balaban J connectivity index is 0.000000195. The molecule has 0 bridgehead atoms. The molecule has 8 heteroatoms. The lowest BCUT2D eigenvalue weighted by Crippen LogP contribution is -2.56. The van der Waals surface area contributed by atoms with Crippen molar-refractivity contribution in [2.75, 3.05) is 5.33 Å². The molecule has 0 amide bonds. The average Bonchev–Trinajstić information content (AvgIpc) is 3.87. The second-order valence-electron chi connectivity index (χ2n) is 22.6. The van der Waals surface area contributed by atoms with Gasteiger partial charge in [0.05, 0.1) is 34.3 Å². The normalized spacial score (nSPS) is 48.2. The molecule has 59 heavy (non-hydrogen) atoms. The minimum Gasteiger partial charge on any atom is -0.390 e. The first-order valence-corrected chi connectivity index (χ1v) is 25.2. The van der Waals surface area contributed by atoms with Crippen molar-refractivity contribution in [2.45, 2.75) is 203 Å². The van der Waals surface area contributed by atoms with Crippen molar-refractivity contribution in [3.05, 3.63) is 17.4 Å². The van der Waals surface area contributed by atoms with Crippen molar-refractivity contribution in [2.24, 2.45) is 80.8 Å². The van der Waals surface area contributed by atoms with Gasteiger partial charge in [0, 0.05) is 18.0 Å². The SMILES string of the molecule is C.C.CC[C@]12CC[C@@](C)(O)C[C@@H]1CC[C@H]1[C@@H]3CC[C@H](C(=O)CBr)[C@@]3(C)CC[C@@H]12.CC[C@]12CC[C@@](C)(O)C[C@@H]1CC[C@H]1[C@@H]3CC[C@H](C(=O)Cn4cc(Cl)cn4)[C@@]3(C)CC[C@@H]12. The summed E-state index contributed by atoms with van der Waals surface area (Å²) in [5.74, 6) is 7.24. The number of nitrogens with zero attached hydrogens (tertiary/aromatic N) is 2. The zero-order chi connectivity index (χ0) is 40.8. The van der Waals surface area contributed by atoms with Crippen molar-refractivity contribution in [3.63, 3.8) is 0 Å². The van der Waals surface area contributed by atoms with Crippen LogP contribution in [0.4, 0.5) is 0 Å². The van der Waals surface area contributed by atoms with Gasteiger partial charge in [0.15, 0.2) is 5.78 Å². The van der Waals surface area contributed by atoms with Gasteiger partial charge in [0.2, 0.25) is 0 Å². The monoisotopic (exact) mass is 903 g/mol. The molecule has 8 aliphatic carbocycles. The van der Waals surface area contributed by atoms with Gasteiger partial charge >= 0.3 is 0 Å². The third-order valence-electron chi connectivity index (χ3n) is 20.4. The van der Waals surface area contributed by atoms with E-state index in [0.717, 1.165) is 68.1 Å². The van der Waals surface area contributed by atoms with E-state index in [1.54, 1.807) is 17.1 Å². The van der Waals surface area contributed by atoms with Gasteiger partial charge in [-0.05, 0) is 211 Å². The van der Waals surface area contributed by atoms with Crippen LogP contribution < -0.4 is 0 Å². The molecule has 1 aromatic rings. The maximum atomic E-state index is 13.3. The van der Waals surface area contributed by atoms with Crippen LogP contribution in [0.2, 0.25) is 5.02 Å². The number of ketones is 2. The molecular formula is C51H84BrClN2O4.